The van der Waals surface area contributed by atoms with Crippen LogP contribution >= 0.6 is 0 Å². The number of halogens is 1. The van der Waals surface area contributed by atoms with Gasteiger partial charge in [-0.3, -0.25) is 0 Å². The van der Waals surface area contributed by atoms with E-state index in [0.29, 0.717) is 25.4 Å². The van der Waals surface area contributed by atoms with Crippen LogP contribution in [0.25, 0.3) is 0 Å². The van der Waals surface area contributed by atoms with Crippen molar-refractivity contribution in [3.8, 4) is 11.5 Å². The van der Waals surface area contributed by atoms with E-state index in [1.165, 1.54) is 12.1 Å². The Morgan fingerprint density at radius 3 is 2.67 bits per heavy atom. The predicted octanol–water partition coefficient (Wildman–Crippen LogP) is 2.78. The lowest BCUT2D eigenvalue weighted by atomic mass is 10.0. The van der Waals surface area contributed by atoms with Crippen molar-refractivity contribution in [3.63, 3.8) is 0 Å². The standard InChI is InChI=1S/C15H20FNO4/c1-15(2,3)21-14(19)17-7-10(8-17)9-20-11-4-5-12(16)13(18)6-11/h4-6,10,18H,7-9H2,1-3H3. The highest BCUT2D eigenvalue weighted by Gasteiger charge is 2.34. The van der Waals surface area contributed by atoms with Crippen molar-refractivity contribution in [2.24, 2.45) is 5.92 Å². The molecule has 0 atom stereocenters. The maximum absolute atomic E-state index is 12.9. The first-order valence-corrected chi connectivity index (χ1v) is 6.84. The number of hydrogen-bond donors (Lipinski definition) is 1. The molecule has 0 spiro atoms. The second-order valence-corrected chi connectivity index (χ2v) is 6.18. The molecule has 6 heteroatoms. The molecule has 0 radical (unpaired) electrons. The highest BCUT2D eigenvalue weighted by atomic mass is 19.1. The van der Waals surface area contributed by atoms with Gasteiger partial charge < -0.3 is 19.5 Å². The third kappa shape index (κ3) is 4.24. The fraction of sp³-hybridized carbons (Fsp3) is 0.533. The Bertz CT molecular complexity index is 521. The summed E-state index contributed by atoms with van der Waals surface area (Å²) in [5.74, 6) is -0.493. The topological polar surface area (TPSA) is 59.0 Å². The molecule has 1 heterocycles. The number of rotatable bonds is 3. The van der Waals surface area contributed by atoms with E-state index in [2.05, 4.69) is 0 Å². The molecule has 116 valence electrons. The Morgan fingerprint density at radius 1 is 1.43 bits per heavy atom. The van der Waals surface area contributed by atoms with E-state index in [4.69, 9.17) is 9.47 Å². The Balaban J connectivity index is 1.73. The van der Waals surface area contributed by atoms with Crippen LogP contribution in [0.5, 0.6) is 11.5 Å². The first-order chi connectivity index (χ1) is 9.74. The van der Waals surface area contributed by atoms with Crippen molar-refractivity contribution in [3.05, 3.63) is 24.0 Å². The summed E-state index contributed by atoms with van der Waals surface area (Å²) in [4.78, 5) is 13.3. The van der Waals surface area contributed by atoms with Gasteiger partial charge in [0.2, 0.25) is 0 Å². The highest BCUT2D eigenvalue weighted by molar-refractivity contribution is 5.69. The average molecular weight is 297 g/mol. The van der Waals surface area contributed by atoms with Crippen LogP contribution in [0.2, 0.25) is 0 Å². The summed E-state index contributed by atoms with van der Waals surface area (Å²) < 4.78 is 23.6. The number of nitrogens with zero attached hydrogens (tertiary/aromatic N) is 1. The maximum atomic E-state index is 12.9. The molecule has 1 aliphatic heterocycles. The average Bonchev–Trinajstić information content (AvgIpc) is 2.29. The third-order valence-corrected chi connectivity index (χ3v) is 3.01. The summed E-state index contributed by atoms with van der Waals surface area (Å²) in [6.07, 6.45) is -0.321. The number of phenols is 1. The Kier molecular flexibility index (Phi) is 4.25. The molecule has 1 aromatic rings. The molecule has 0 aliphatic carbocycles. The number of carbonyl (C=O) groups is 1. The van der Waals surface area contributed by atoms with Gasteiger partial charge in [0.05, 0.1) is 6.61 Å². The van der Waals surface area contributed by atoms with Crippen LogP contribution in [-0.2, 0) is 4.74 Å². The van der Waals surface area contributed by atoms with E-state index in [0.717, 1.165) is 6.07 Å². The van der Waals surface area contributed by atoms with Crippen molar-refractivity contribution in [2.45, 2.75) is 26.4 Å². The van der Waals surface area contributed by atoms with Crippen molar-refractivity contribution in [2.75, 3.05) is 19.7 Å². The number of phenolic OH excluding ortho intramolecular Hbond substituents is 1. The molecule has 1 saturated heterocycles. The Labute approximate surface area is 123 Å². The molecule has 0 aromatic heterocycles. The van der Waals surface area contributed by atoms with Gasteiger partial charge in [-0.25, -0.2) is 9.18 Å². The molecular weight excluding hydrogens is 277 g/mol. The highest BCUT2D eigenvalue weighted by Crippen LogP contribution is 2.24. The molecule has 0 bridgehead atoms. The smallest absolute Gasteiger partial charge is 0.410 e. The number of hydrogen-bond acceptors (Lipinski definition) is 4. The van der Waals surface area contributed by atoms with Crippen LogP contribution in [-0.4, -0.2) is 41.4 Å². The van der Waals surface area contributed by atoms with Crippen molar-refractivity contribution in [1.29, 1.82) is 0 Å². The van der Waals surface area contributed by atoms with Gasteiger partial charge in [0.25, 0.3) is 0 Å². The summed E-state index contributed by atoms with van der Waals surface area (Å²) in [6.45, 7) is 7.03. The van der Waals surface area contributed by atoms with Crippen LogP contribution in [0.3, 0.4) is 0 Å². The monoisotopic (exact) mass is 297 g/mol. The largest absolute Gasteiger partial charge is 0.505 e. The minimum atomic E-state index is -0.679. The van der Waals surface area contributed by atoms with Gasteiger partial charge in [-0.15, -0.1) is 0 Å². The van der Waals surface area contributed by atoms with Gasteiger partial charge in [-0.05, 0) is 32.9 Å². The minimum absolute atomic E-state index is 0.213. The number of ether oxygens (including phenoxy) is 2. The molecule has 1 aromatic carbocycles. The molecule has 5 nitrogen and oxygen atoms in total. The second kappa shape index (κ2) is 5.79. The number of benzene rings is 1. The quantitative estimate of drug-likeness (QED) is 0.932. The van der Waals surface area contributed by atoms with E-state index in [9.17, 15) is 14.3 Å². The van der Waals surface area contributed by atoms with E-state index in [1.807, 2.05) is 20.8 Å². The van der Waals surface area contributed by atoms with Crippen LogP contribution in [0, 0.1) is 11.7 Å². The van der Waals surface area contributed by atoms with Gasteiger partial charge in [0.1, 0.15) is 11.4 Å². The zero-order chi connectivity index (χ0) is 15.6. The molecule has 1 fully saturated rings. The van der Waals surface area contributed by atoms with Crippen molar-refractivity contribution >= 4 is 6.09 Å². The zero-order valence-corrected chi connectivity index (χ0v) is 12.4. The molecule has 2 rings (SSSR count). The van der Waals surface area contributed by atoms with Crippen LogP contribution in [0.4, 0.5) is 9.18 Å². The van der Waals surface area contributed by atoms with Crippen LogP contribution in [0.1, 0.15) is 20.8 Å². The zero-order valence-electron chi connectivity index (χ0n) is 12.4. The third-order valence-electron chi connectivity index (χ3n) is 3.01. The fourth-order valence-electron chi connectivity index (χ4n) is 1.95. The van der Waals surface area contributed by atoms with E-state index in [1.54, 1.807) is 4.90 Å². The normalized spacial score (nSPS) is 15.5. The van der Waals surface area contributed by atoms with Crippen LogP contribution in [0.15, 0.2) is 18.2 Å². The Hall–Kier alpha value is -1.98. The van der Waals surface area contributed by atoms with Gasteiger partial charge in [0.15, 0.2) is 11.6 Å². The van der Waals surface area contributed by atoms with Gasteiger partial charge in [-0.1, -0.05) is 0 Å². The number of amides is 1. The van der Waals surface area contributed by atoms with E-state index >= 15 is 0 Å². The number of aromatic hydroxyl groups is 1. The second-order valence-electron chi connectivity index (χ2n) is 6.18. The summed E-state index contributed by atoms with van der Waals surface area (Å²) in [5.41, 5.74) is -0.496. The lowest BCUT2D eigenvalue weighted by Crippen LogP contribution is -2.53. The van der Waals surface area contributed by atoms with Crippen molar-refractivity contribution in [1.82, 2.24) is 4.90 Å². The maximum Gasteiger partial charge on any atom is 0.410 e. The molecule has 1 amide bonds. The summed E-state index contributed by atoms with van der Waals surface area (Å²) in [5, 5.41) is 9.24. The molecule has 21 heavy (non-hydrogen) atoms. The first-order valence-electron chi connectivity index (χ1n) is 6.84. The molecule has 0 unspecified atom stereocenters. The summed E-state index contributed by atoms with van der Waals surface area (Å²) >= 11 is 0. The SMILES string of the molecule is CC(C)(C)OC(=O)N1CC(COc2ccc(F)c(O)c2)C1. The predicted molar refractivity (Wildman–Crippen MR) is 74.9 cm³/mol. The number of carbonyl (C=O) groups excluding carboxylic acids is 1. The fourth-order valence-corrected chi connectivity index (χ4v) is 1.95. The Morgan fingerprint density at radius 2 is 2.10 bits per heavy atom. The minimum Gasteiger partial charge on any atom is -0.505 e. The molecule has 1 aliphatic rings. The van der Waals surface area contributed by atoms with Gasteiger partial charge >= 0.3 is 6.09 Å². The van der Waals surface area contributed by atoms with Crippen LogP contribution < -0.4 is 4.74 Å². The summed E-state index contributed by atoms with van der Waals surface area (Å²) in [7, 11) is 0. The lowest BCUT2D eigenvalue weighted by Gasteiger charge is -2.39. The molecular formula is C15H20FNO4. The van der Waals surface area contributed by atoms with Gasteiger partial charge in [0, 0.05) is 25.1 Å². The summed E-state index contributed by atoms with van der Waals surface area (Å²) in [6, 6.07) is 3.84. The molecule has 0 saturated carbocycles. The van der Waals surface area contributed by atoms with E-state index in [-0.39, 0.29) is 12.0 Å². The number of likely N-dealkylation sites (tertiary alicyclic amines) is 1. The van der Waals surface area contributed by atoms with Crippen molar-refractivity contribution < 1.29 is 23.8 Å². The lowest BCUT2D eigenvalue weighted by molar-refractivity contribution is -0.00782. The van der Waals surface area contributed by atoms with Gasteiger partial charge in [-0.2, -0.15) is 0 Å². The molecule has 1 N–H and O–H groups in total. The van der Waals surface area contributed by atoms with E-state index < -0.39 is 17.2 Å². The first kappa shape index (κ1) is 15.4.